The van der Waals surface area contributed by atoms with Gasteiger partial charge in [-0.15, -0.1) is 0 Å². The largest absolute Gasteiger partial charge is 0.396 e. The Morgan fingerprint density at radius 2 is 2.00 bits per heavy atom. The molecule has 1 aromatic carbocycles. The Labute approximate surface area is 208 Å². The van der Waals surface area contributed by atoms with Crippen LogP contribution >= 0.6 is 0 Å². The molecule has 36 heavy (non-hydrogen) atoms. The van der Waals surface area contributed by atoms with Crippen molar-refractivity contribution in [3.63, 3.8) is 0 Å². The minimum absolute atomic E-state index is 0.0233. The summed E-state index contributed by atoms with van der Waals surface area (Å²) in [5.41, 5.74) is 13.5. The number of piperidine rings is 1. The SMILES string of the molecule is CC(C)NC(=O)c1ccc(F)c(-c2ncc(N)c(C(=O)Nc3cnccc3N3CCCC(N)C3)n2)c1. The number of hydrogen-bond donors (Lipinski definition) is 4. The smallest absolute Gasteiger partial charge is 0.276 e. The Hall–Kier alpha value is -4.12. The Balaban J connectivity index is 1.62. The van der Waals surface area contributed by atoms with Gasteiger partial charge in [-0.3, -0.25) is 14.6 Å². The molecule has 0 radical (unpaired) electrons. The van der Waals surface area contributed by atoms with Crippen LogP contribution in [0, 0.1) is 5.82 Å². The maximum Gasteiger partial charge on any atom is 0.276 e. The third-order valence-corrected chi connectivity index (χ3v) is 5.77. The molecular weight excluding hydrogens is 463 g/mol. The molecule has 188 valence electrons. The molecule has 0 saturated carbocycles. The van der Waals surface area contributed by atoms with Crippen molar-refractivity contribution in [1.82, 2.24) is 20.3 Å². The predicted octanol–water partition coefficient (Wildman–Crippen LogP) is 2.58. The van der Waals surface area contributed by atoms with E-state index in [2.05, 4.69) is 30.5 Å². The maximum absolute atomic E-state index is 14.7. The summed E-state index contributed by atoms with van der Waals surface area (Å²) in [6.45, 7) is 5.11. The van der Waals surface area contributed by atoms with E-state index < -0.39 is 11.7 Å². The molecule has 1 unspecified atom stereocenters. The number of anilines is 3. The van der Waals surface area contributed by atoms with Gasteiger partial charge in [0.15, 0.2) is 11.5 Å². The second-order valence-electron chi connectivity index (χ2n) is 9.02. The summed E-state index contributed by atoms with van der Waals surface area (Å²) < 4.78 is 14.7. The molecule has 2 aromatic heterocycles. The molecule has 3 aromatic rings. The lowest BCUT2D eigenvalue weighted by atomic mass is 10.1. The van der Waals surface area contributed by atoms with Crippen LogP contribution in [0.15, 0.2) is 42.9 Å². The number of nitrogens with two attached hydrogens (primary N) is 2. The zero-order valence-corrected chi connectivity index (χ0v) is 20.2. The van der Waals surface area contributed by atoms with Crippen LogP contribution in [0.25, 0.3) is 11.4 Å². The van der Waals surface area contributed by atoms with Gasteiger partial charge in [0.1, 0.15) is 5.82 Å². The number of amides is 2. The number of nitrogens with one attached hydrogen (secondary N) is 2. The molecule has 1 fully saturated rings. The zero-order chi connectivity index (χ0) is 25.8. The summed E-state index contributed by atoms with van der Waals surface area (Å²) in [7, 11) is 0. The first-order chi connectivity index (χ1) is 17.2. The average molecular weight is 493 g/mol. The molecule has 6 N–H and O–H groups in total. The first kappa shape index (κ1) is 25.0. The number of aromatic nitrogens is 3. The number of carbonyl (C=O) groups excluding carboxylic acids is 2. The molecule has 0 aliphatic carbocycles. The third-order valence-electron chi connectivity index (χ3n) is 5.77. The highest BCUT2D eigenvalue weighted by atomic mass is 19.1. The fourth-order valence-electron chi connectivity index (χ4n) is 4.06. The van der Waals surface area contributed by atoms with Crippen molar-refractivity contribution in [1.29, 1.82) is 0 Å². The Kier molecular flexibility index (Phi) is 7.39. The van der Waals surface area contributed by atoms with E-state index in [1.165, 1.54) is 18.3 Å². The lowest BCUT2D eigenvalue weighted by molar-refractivity contribution is 0.0942. The van der Waals surface area contributed by atoms with Crippen molar-refractivity contribution in [2.75, 3.05) is 29.0 Å². The van der Waals surface area contributed by atoms with Gasteiger partial charge < -0.3 is 27.0 Å². The van der Waals surface area contributed by atoms with Crippen molar-refractivity contribution >= 4 is 28.9 Å². The summed E-state index contributed by atoms with van der Waals surface area (Å²) in [6, 6.07) is 5.65. The molecule has 1 atom stereocenters. The number of carbonyl (C=O) groups is 2. The number of benzene rings is 1. The number of nitrogen functional groups attached to an aromatic ring is 1. The Morgan fingerprint density at radius 1 is 1.19 bits per heavy atom. The molecule has 11 heteroatoms. The predicted molar refractivity (Wildman–Crippen MR) is 136 cm³/mol. The van der Waals surface area contributed by atoms with Crippen LogP contribution in [0.1, 0.15) is 47.5 Å². The van der Waals surface area contributed by atoms with E-state index in [0.29, 0.717) is 12.2 Å². The monoisotopic (exact) mass is 492 g/mol. The molecule has 0 bridgehead atoms. The number of rotatable bonds is 6. The molecular formula is C25H29FN8O2. The van der Waals surface area contributed by atoms with Crippen molar-refractivity contribution in [3.05, 3.63) is 59.9 Å². The Bertz CT molecular complexity index is 1280. The molecule has 1 saturated heterocycles. The van der Waals surface area contributed by atoms with Crippen molar-refractivity contribution in [2.45, 2.75) is 38.8 Å². The van der Waals surface area contributed by atoms with E-state index in [0.717, 1.165) is 31.1 Å². The minimum Gasteiger partial charge on any atom is -0.396 e. The second kappa shape index (κ2) is 10.6. The number of pyridine rings is 1. The summed E-state index contributed by atoms with van der Waals surface area (Å²) in [5, 5.41) is 5.57. The normalized spacial score (nSPS) is 15.6. The van der Waals surface area contributed by atoms with Crippen LogP contribution in [-0.4, -0.2) is 51.9 Å². The van der Waals surface area contributed by atoms with Crippen LogP contribution < -0.4 is 27.0 Å². The van der Waals surface area contributed by atoms with Gasteiger partial charge in [-0.05, 0) is 51.0 Å². The van der Waals surface area contributed by atoms with Gasteiger partial charge in [-0.2, -0.15) is 0 Å². The minimum atomic E-state index is -0.636. The lowest BCUT2D eigenvalue weighted by Gasteiger charge is -2.33. The Morgan fingerprint density at radius 3 is 2.75 bits per heavy atom. The summed E-state index contributed by atoms with van der Waals surface area (Å²) >= 11 is 0. The number of halogens is 1. The van der Waals surface area contributed by atoms with Crippen molar-refractivity contribution in [2.24, 2.45) is 5.73 Å². The standard InChI is InChI=1S/C25H29FN8O2/c1-14(2)31-24(35)15-5-6-18(26)17(10-15)23-30-11-19(28)22(33-23)25(36)32-20-12-29-8-7-21(20)34-9-3-4-16(27)13-34/h5-8,10-12,14,16H,3-4,9,13,27-28H2,1-2H3,(H,31,35)(H,32,36). The molecule has 1 aliphatic rings. The molecule has 1 aliphatic heterocycles. The fourth-order valence-corrected chi connectivity index (χ4v) is 4.06. The maximum atomic E-state index is 14.7. The second-order valence-corrected chi connectivity index (χ2v) is 9.02. The first-order valence-electron chi connectivity index (χ1n) is 11.7. The van der Waals surface area contributed by atoms with E-state index in [1.807, 2.05) is 19.9 Å². The van der Waals surface area contributed by atoms with Crippen LogP contribution in [0.5, 0.6) is 0 Å². The molecule has 0 spiro atoms. The molecule has 2 amide bonds. The van der Waals surface area contributed by atoms with E-state index in [9.17, 15) is 14.0 Å². The van der Waals surface area contributed by atoms with E-state index in [4.69, 9.17) is 11.5 Å². The zero-order valence-electron chi connectivity index (χ0n) is 20.2. The van der Waals surface area contributed by atoms with Gasteiger partial charge >= 0.3 is 0 Å². The van der Waals surface area contributed by atoms with Gasteiger partial charge in [0.25, 0.3) is 11.8 Å². The van der Waals surface area contributed by atoms with Crippen LogP contribution in [0.4, 0.5) is 21.5 Å². The van der Waals surface area contributed by atoms with Crippen molar-refractivity contribution < 1.29 is 14.0 Å². The van der Waals surface area contributed by atoms with E-state index >= 15 is 0 Å². The van der Waals surface area contributed by atoms with Gasteiger partial charge in [0.2, 0.25) is 0 Å². The van der Waals surface area contributed by atoms with Gasteiger partial charge in [0.05, 0.1) is 35.0 Å². The van der Waals surface area contributed by atoms with Crippen LogP contribution in [0.3, 0.4) is 0 Å². The van der Waals surface area contributed by atoms with E-state index in [-0.39, 0.29) is 46.3 Å². The summed E-state index contributed by atoms with van der Waals surface area (Å²) in [4.78, 5) is 40.1. The quantitative estimate of drug-likeness (QED) is 0.410. The first-order valence-corrected chi connectivity index (χ1v) is 11.7. The molecule has 3 heterocycles. The average Bonchev–Trinajstić information content (AvgIpc) is 2.84. The molecule has 4 rings (SSSR count). The lowest BCUT2D eigenvalue weighted by Crippen LogP contribution is -2.43. The number of nitrogens with zero attached hydrogens (tertiary/aromatic N) is 4. The van der Waals surface area contributed by atoms with E-state index in [1.54, 1.807) is 12.4 Å². The topological polar surface area (TPSA) is 152 Å². The summed E-state index contributed by atoms with van der Waals surface area (Å²) in [6.07, 6.45) is 6.32. The third kappa shape index (κ3) is 5.57. The van der Waals surface area contributed by atoms with Crippen LogP contribution in [0.2, 0.25) is 0 Å². The van der Waals surface area contributed by atoms with Gasteiger partial charge in [0, 0.05) is 36.9 Å². The van der Waals surface area contributed by atoms with Crippen molar-refractivity contribution in [3.8, 4) is 11.4 Å². The van der Waals surface area contributed by atoms with Gasteiger partial charge in [-0.1, -0.05) is 0 Å². The van der Waals surface area contributed by atoms with Gasteiger partial charge in [-0.25, -0.2) is 14.4 Å². The highest BCUT2D eigenvalue weighted by molar-refractivity contribution is 6.07. The fraction of sp³-hybridized carbons (Fsp3) is 0.320. The highest BCUT2D eigenvalue weighted by Crippen LogP contribution is 2.28. The number of hydrogen-bond acceptors (Lipinski definition) is 8. The molecule has 10 nitrogen and oxygen atoms in total. The summed E-state index contributed by atoms with van der Waals surface area (Å²) in [5.74, 6) is -1.66. The van der Waals surface area contributed by atoms with Crippen LogP contribution in [-0.2, 0) is 0 Å². The highest BCUT2D eigenvalue weighted by Gasteiger charge is 2.22.